The summed E-state index contributed by atoms with van der Waals surface area (Å²) in [5.74, 6) is 0. The monoisotopic (exact) mass is 224 g/mol. The van der Waals surface area contributed by atoms with Crippen molar-refractivity contribution in [2.75, 3.05) is 0 Å². The number of hydrogen-bond acceptors (Lipinski definition) is 3. The fraction of sp³-hybridized carbons (Fsp3) is 0. The first-order chi connectivity index (χ1) is 8.47. The Hall–Kier alpha value is -2.42. The Morgan fingerprint density at radius 2 is 1.00 bits per heavy atom. The first-order valence-electron chi connectivity index (χ1n) is 5.26. The van der Waals surface area contributed by atoms with Gasteiger partial charge in [-0.25, -0.2) is 0 Å². The van der Waals surface area contributed by atoms with Crippen molar-refractivity contribution in [2.24, 2.45) is 0 Å². The van der Waals surface area contributed by atoms with Crippen molar-refractivity contribution < 1.29 is 4.42 Å². The van der Waals surface area contributed by atoms with E-state index in [4.69, 9.17) is 0 Å². The largest absolute Gasteiger partial charge is 0.431 e. The summed E-state index contributed by atoms with van der Waals surface area (Å²) in [6.07, 6.45) is 2.53. The Bertz CT molecular complexity index is 452. The molecule has 17 heavy (non-hydrogen) atoms. The molecule has 0 fully saturated rings. The molecule has 0 atom stereocenters. The predicted molar refractivity (Wildman–Crippen MR) is 66.2 cm³/mol. The molecule has 0 saturated carbocycles. The summed E-state index contributed by atoms with van der Waals surface area (Å²) in [5.41, 5.74) is 2.55. The molecular formula is C14H12N2O. The predicted octanol–water partition coefficient (Wildman–Crippen LogP) is 3.42. The topological polar surface area (TPSA) is 38.9 Å². The zero-order valence-corrected chi connectivity index (χ0v) is 9.23. The molecule has 1 heterocycles. The molecule has 3 aromatic rings. The van der Waals surface area contributed by atoms with Gasteiger partial charge in [-0.1, -0.05) is 60.7 Å². The number of aromatic nitrogens is 2. The zero-order valence-electron chi connectivity index (χ0n) is 9.23. The van der Waals surface area contributed by atoms with Gasteiger partial charge in [0, 0.05) is 0 Å². The van der Waals surface area contributed by atoms with Gasteiger partial charge in [-0.15, -0.1) is 10.2 Å². The van der Waals surface area contributed by atoms with E-state index < -0.39 is 0 Å². The number of benzene rings is 2. The minimum absolute atomic E-state index is 1.26. The van der Waals surface area contributed by atoms with E-state index in [2.05, 4.69) is 63.1 Å². The van der Waals surface area contributed by atoms with Gasteiger partial charge in [0.25, 0.3) is 0 Å². The van der Waals surface area contributed by atoms with Crippen molar-refractivity contribution in [2.45, 2.75) is 0 Å². The van der Waals surface area contributed by atoms with E-state index in [1.165, 1.54) is 23.9 Å². The smallest absolute Gasteiger partial charge is 0.203 e. The average Bonchev–Trinajstić information content (AvgIpc) is 3.00. The Balaban J connectivity index is 0.000000181. The van der Waals surface area contributed by atoms with Crippen LogP contribution < -0.4 is 0 Å². The average molecular weight is 224 g/mol. The van der Waals surface area contributed by atoms with Crippen LogP contribution in [0.2, 0.25) is 0 Å². The Labute approximate surface area is 99.8 Å². The van der Waals surface area contributed by atoms with Gasteiger partial charge in [0.1, 0.15) is 0 Å². The normalized spacial score (nSPS) is 9.18. The molecular weight excluding hydrogens is 212 g/mol. The lowest BCUT2D eigenvalue weighted by Crippen LogP contribution is -1.73. The lowest BCUT2D eigenvalue weighted by molar-refractivity contribution is 0.553. The summed E-state index contributed by atoms with van der Waals surface area (Å²) in [4.78, 5) is 0. The van der Waals surface area contributed by atoms with Gasteiger partial charge < -0.3 is 4.42 Å². The molecule has 0 N–H and O–H groups in total. The second-order valence-corrected chi connectivity index (χ2v) is 3.31. The van der Waals surface area contributed by atoms with Crippen LogP contribution in [0.4, 0.5) is 0 Å². The molecule has 2 aromatic carbocycles. The van der Waals surface area contributed by atoms with Crippen LogP contribution in [0.5, 0.6) is 0 Å². The van der Waals surface area contributed by atoms with Gasteiger partial charge in [-0.05, 0) is 11.1 Å². The van der Waals surface area contributed by atoms with Gasteiger partial charge in [0.15, 0.2) is 0 Å². The van der Waals surface area contributed by atoms with Gasteiger partial charge in [0.2, 0.25) is 12.8 Å². The van der Waals surface area contributed by atoms with Gasteiger partial charge in [-0.2, -0.15) is 0 Å². The summed E-state index contributed by atoms with van der Waals surface area (Å²) in [7, 11) is 0. The van der Waals surface area contributed by atoms with E-state index in [-0.39, 0.29) is 0 Å². The number of hydrogen-bond donors (Lipinski definition) is 0. The van der Waals surface area contributed by atoms with Crippen LogP contribution in [-0.4, -0.2) is 10.2 Å². The highest BCUT2D eigenvalue weighted by atomic mass is 16.3. The Morgan fingerprint density at radius 3 is 1.29 bits per heavy atom. The van der Waals surface area contributed by atoms with Crippen LogP contribution in [-0.2, 0) is 0 Å². The van der Waals surface area contributed by atoms with E-state index in [1.807, 2.05) is 12.1 Å². The fourth-order valence-corrected chi connectivity index (χ4v) is 1.40. The first-order valence-corrected chi connectivity index (χ1v) is 5.26. The van der Waals surface area contributed by atoms with Gasteiger partial charge in [0.05, 0.1) is 0 Å². The third-order valence-electron chi connectivity index (χ3n) is 2.16. The molecule has 0 aliphatic carbocycles. The maximum atomic E-state index is 4.36. The third kappa shape index (κ3) is 3.57. The van der Waals surface area contributed by atoms with Crippen molar-refractivity contribution in [3.05, 3.63) is 73.5 Å². The van der Waals surface area contributed by atoms with Crippen molar-refractivity contribution in [3.8, 4) is 11.1 Å². The first kappa shape index (κ1) is 11.1. The van der Waals surface area contributed by atoms with Gasteiger partial charge >= 0.3 is 0 Å². The molecule has 3 rings (SSSR count). The van der Waals surface area contributed by atoms with Crippen molar-refractivity contribution in [3.63, 3.8) is 0 Å². The van der Waals surface area contributed by atoms with Crippen LogP contribution in [0.1, 0.15) is 0 Å². The molecule has 0 radical (unpaired) electrons. The van der Waals surface area contributed by atoms with Crippen molar-refractivity contribution in [1.82, 2.24) is 10.2 Å². The maximum Gasteiger partial charge on any atom is 0.203 e. The molecule has 84 valence electrons. The van der Waals surface area contributed by atoms with Crippen molar-refractivity contribution in [1.29, 1.82) is 0 Å². The third-order valence-corrected chi connectivity index (χ3v) is 2.16. The van der Waals surface area contributed by atoms with Crippen molar-refractivity contribution >= 4 is 0 Å². The maximum absolute atomic E-state index is 4.36. The van der Waals surface area contributed by atoms with E-state index in [1.54, 1.807) is 0 Å². The van der Waals surface area contributed by atoms with Crippen LogP contribution in [0.3, 0.4) is 0 Å². The second kappa shape index (κ2) is 6.23. The highest BCUT2D eigenvalue weighted by Gasteiger charge is 1.91. The molecule has 0 spiro atoms. The summed E-state index contributed by atoms with van der Waals surface area (Å²) in [5, 5.41) is 6.61. The Morgan fingerprint density at radius 1 is 0.588 bits per heavy atom. The highest BCUT2D eigenvalue weighted by Crippen LogP contribution is 2.17. The van der Waals surface area contributed by atoms with Crippen LogP contribution in [0, 0.1) is 0 Å². The molecule has 0 aliphatic heterocycles. The van der Waals surface area contributed by atoms with E-state index in [0.717, 1.165) is 0 Å². The second-order valence-electron chi connectivity index (χ2n) is 3.31. The molecule has 0 bridgehead atoms. The van der Waals surface area contributed by atoms with E-state index >= 15 is 0 Å². The standard InChI is InChI=1S/C12H10.C2H2N2O/c1-3-7-11(8-4-1)12-9-5-2-6-10-12;1-3-4-2-5-1/h1-10H;1-2H. The summed E-state index contributed by atoms with van der Waals surface area (Å²) in [6, 6.07) is 20.8. The summed E-state index contributed by atoms with van der Waals surface area (Å²) in [6.45, 7) is 0. The highest BCUT2D eigenvalue weighted by molar-refractivity contribution is 5.62. The zero-order chi connectivity index (χ0) is 11.8. The molecule has 0 amide bonds. The molecule has 0 unspecified atom stereocenters. The molecule has 1 aromatic heterocycles. The Kier molecular flexibility index (Phi) is 4.06. The molecule has 0 saturated heterocycles. The molecule has 3 nitrogen and oxygen atoms in total. The molecule has 0 aliphatic rings. The minimum atomic E-state index is 1.26. The van der Waals surface area contributed by atoms with E-state index in [0.29, 0.717) is 0 Å². The quantitative estimate of drug-likeness (QED) is 0.635. The lowest BCUT2D eigenvalue weighted by Gasteiger charge is -1.98. The minimum Gasteiger partial charge on any atom is -0.431 e. The van der Waals surface area contributed by atoms with Crippen LogP contribution in [0.15, 0.2) is 77.9 Å². The number of nitrogens with zero attached hydrogens (tertiary/aromatic N) is 2. The summed E-state index contributed by atoms with van der Waals surface area (Å²) >= 11 is 0. The summed E-state index contributed by atoms with van der Waals surface area (Å²) < 4.78 is 4.36. The van der Waals surface area contributed by atoms with Crippen LogP contribution in [0.25, 0.3) is 11.1 Å². The lowest BCUT2D eigenvalue weighted by atomic mass is 10.1. The van der Waals surface area contributed by atoms with Crippen LogP contribution >= 0.6 is 0 Å². The molecule has 3 heteroatoms. The fourth-order valence-electron chi connectivity index (χ4n) is 1.40. The van der Waals surface area contributed by atoms with Gasteiger partial charge in [-0.3, -0.25) is 0 Å². The number of rotatable bonds is 1. The van der Waals surface area contributed by atoms with E-state index in [9.17, 15) is 0 Å². The SMILES string of the molecule is c1ccc(-c2ccccc2)cc1.c1nnco1.